The van der Waals surface area contributed by atoms with E-state index >= 15 is 0 Å². The average molecular weight is 407 g/mol. The number of azo groups is 1. The van der Waals surface area contributed by atoms with Crippen LogP contribution in [-0.4, -0.2) is 25.9 Å². The highest BCUT2D eigenvalue weighted by molar-refractivity contribution is 7.21. The second-order valence-electron chi connectivity index (χ2n) is 6.91. The zero-order valence-electron chi connectivity index (χ0n) is 16.1. The van der Waals surface area contributed by atoms with Gasteiger partial charge < -0.3 is 20.5 Å². The molecule has 0 aliphatic heterocycles. The van der Waals surface area contributed by atoms with Crippen LogP contribution in [0.15, 0.2) is 58.8 Å². The highest BCUT2D eigenvalue weighted by Gasteiger charge is 2.25. The summed E-state index contributed by atoms with van der Waals surface area (Å²) in [6.45, 7) is 3.81. The maximum absolute atomic E-state index is 10.9. The predicted molar refractivity (Wildman–Crippen MR) is 116 cm³/mol. The Bertz CT molecular complexity index is 1160. The number of aromatic hydroxyl groups is 1. The highest BCUT2D eigenvalue weighted by Crippen LogP contribution is 2.47. The number of anilines is 1. The van der Waals surface area contributed by atoms with E-state index in [1.165, 1.54) is 11.3 Å². The molecule has 2 aromatic heterocycles. The molecule has 0 amide bonds. The number of nitrogens with two attached hydrogens (primary N) is 1. The van der Waals surface area contributed by atoms with Crippen molar-refractivity contribution in [3.05, 3.63) is 54.1 Å². The number of nitrogens with zero attached hydrogens (tertiary/aromatic N) is 4. The Morgan fingerprint density at radius 2 is 1.86 bits per heavy atom. The fourth-order valence-electron chi connectivity index (χ4n) is 3.07. The number of aryl methyl sites for hydroxylation is 1. The van der Waals surface area contributed by atoms with E-state index in [1.54, 1.807) is 11.5 Å². The van der Waals surface area contributed by atoms with Crippen molar-refractivity contribution >= 4 is 38.9 Å². The lowest BCUT2D eigenvalue weighted by Gasteiger charge is -2.10. The van der Waals surface area contributed by atoms with Gasteiger partial charge in [0, 0.05) is 0 Å². The third-order valence-electron chi connectivity index (χ3n) is 4.50. The summed E-state index contributed by atoms with van der Waals surface area (Å²) in [6, 6.07) is 15.3. The zero-order chi connectivity index (χ0) is 20.5. The quantitative estimate of drug-likeness (QED) is 0.397. The minimum Gasteiger partial charge on any atom is -0.504 e. The number of hydrogen-bond acceptors (Lipinski definition) is 7. The lowest BCUT2D eigenvalue weighted by atomic mass is 10.2. The first-order valence-electron chi connectivity index (χ1n) is 9.17. The van der Waals surface area contributed by atoms with Gasteiger partial charge in [-0.15, -0.1) is 21.6 Å². The first kappa shape index (κ1) is 19.1. The Morgan fingerprint density at radius 1 is 1.14 bits per heavy atom. The number of nitrogen functional groups attached to an aromatic ring is 1. The minimum absolute atomic E-state index is 0.0990. The Kier molecular flexibility index (Phi) is 5.04. The molecule has 0 spiro atoms. The van der Waals surface area contributed by atoms with Gasteiger partial charge in [-0.3, -0.25) is 0 Å². The van der Waals surface area contributed by atoms with Gasteiger partial charge in [-0.05, 0) is 38.1 Å². The van der Waals surface area contributed by atoms with Crippen LogP contribution in [0.1, 0.15) is 12.5 Å². The molecule has 1 atom stereocenters. The van der Waals surface area contributed by atoms with Crippen molar-refractivity contribution in [3.63, 3.8) is 0 Å². The minimum atomic E-state index is -0.680. The Balaban J connectivity index is 1.83. The van der Waals surface area contributed by atoms with Crippen molar-refractivity contribution in [2.24, 2.45) is 10.2 Å². The van der Waals surface area contributed by atoms with Gasteiger partial charge in [0.05, 0.1) is 34.1 Å². The molecule has 4 rings (SSSR count). The van der Waals surface area contributed by atoms with E-state index < -0.39 is 6.10 Å². The molecule has 4 aromatic rings. The summed E-state index contributed by atoms with van der Waals surface area (Å²) in [5.74, 6) is 0.386. The molecule has 7 nitrogen and oxygen atoms in total. The molecule has 1 unspecified atom stereocenters. The van der Waals surface area contributed by atoms with Gasteiger partial charge >= 0.3 is 0 Å². The third kappa shape index (κ3) is 3.72. The van der Waals surface area contributed by atoms with Crippen LogP contribution in [0.25, 0.3) is 20.8 Å². The summed E-state index contributed by atoms with van der Waals surface area (Å²) in [5.41, 5.74) is 9.36. The summed E-state index contributed by atoms with van der Waals surface area (Å²) < 4.78 is 2.56. The van der Waals surface area contributed by atoms with E-state index in [-0.39, 0.29) is 18.1 Å². The maximum atomic E-state index is 10.9. The van der Waals surface area contributed by atoms with Crippen molar-refractivity contribution in [2.45, 2.75) is 26.5 Å². The topological polar surface area (TPSA) is 109 Å². The van der Waals surface area contributed by atoms with Crippen LogP contribution in [0, 0.1) is 6.92 Å². The molecule has 0 aliphatic carbocycles. The van der Waals surface area contributed by atoms with Crippen LogP contribution >= 0.6 is 11.3 Å². The van der Waals surface area contributed by atoms with Crippen LogP contribution in [0.2, 0.25) is 0 Å². The molecule has 29 heavy (non-hydrogen) atoms. The van der Waals surface area contributed by atoms with Crippen molar-refractivity contribution in [1.29, 1.82) is 0 Å². The summed E-state index contributed by atoms with van der Waals surface area (Å²) in [7, 11) is 0. The molecule has 2 aromatic carbocycles. The van der Waals surface area contributed by atoms with Gasteiger partial charge in [0.2, 0.25) is 0 Å². The molecule has 0 bridgehead atoms. The SMILES string of the molecule is Cc1ccc(N=Nc2c(O)c(-c3nc4ccccc4s3)c(N)n2CC(C)O)cc1. The molecule has 4 N–H and O–H groups in total. The predicted octanol–water partition coefficient (Wildman–Crippen LogP) is 5.16. The average Bonchev–Trinajstić information content (AvgIpc) is 3.20. The summed E-state index contributed by atoms with van der Waals surface area (Å²) >= 11 is 1.44. The van der Waals surface area contributed by atoms with Gasteiger partial charge in [0.25, 0.3) is 0 Å². The van der Waals surface area contributed by atoms with Gasteiger partial charge in [-0.1, -0.05) is 29.8 Å². The maximum Gasteiger partial charge on any atom is 0.200 e. The van der Waals surface area contributed by atoms with Gasteiger partial charge in [0.15, 0.2) is 11.6 Å². The standard InChI is InChI=1S/C21H21N5O2S/c1-12-7-9-14(10-8-12)24-25-20-18(28)17(19(22)26(20)11-13(2)27)21-23-15-5-3-4-6-16(15)29-21/h3-10,13,27-28H,11,22H2,1-2H3. The number of aliphatic hydroxyl groups excluding tert-OH is 1. The summed E-state index contributed by atoms with van der Waals surface area (Å²) in [4.78, 5) is 4.60. The smallest absolute Gasteiger partial charge is 0.200 e. The summed E-state index contributed by atoms with van der Waals surface area (Å²) in [5, 5.41) is 29.9. The zero-order valence-corrected chi connectivity index (χ0v) is 16.9. The number of rotatable bonds is 5. The Morgan fingerprint density at radius 3 is 2.55 bits per heavy atom. The molecule has 0 radical (unpaired) electrons. The fourth-order valence-corrected chi connectivity index (χ4v) is 4.09. The van der Waals surface area contributed by atoms with Gasteiger partial charge in [-0.2, -0.15) is 0 Å². The highest BCUT2D eigenvalue weighted by atomic mass is 32.1. The number of aromatic nitrogens is 2. The van der Waals surface area contributed by atoms with E-state index in [2.05, 4.69) is 15.2 Å². The number of fused-ring (bicyclic) bond motifs is 1. The fraction of sp³-hybridized carbons (Fsp3) is 0.190. The van der Waals surface area contributed by atoms with Crippen LogP contribution in [0.5, 0.6) is 5.75 Å². The van der Waals surface area contributed by atoms with E-state index in [0.29, 0.717) is 22.1 Å². The second kappa shape index (κ2) is 7.65. The number of aliphatic hydroxyl groups is 1. The van der Waals surface area contributed by atoms with E-state index in [0.717, 1.165) is 15.8 Å². The van der Waals surface area contributed by atoms with Crippen molar-refractivity contribution < 1.29 is 10.2 Å². The Hall–Kier alpha value is -3.23. The van der Waals surface area contributed by atoms with Gasteiger partial charge in [-0.25, -0.2) is 4.98 Å². The van der Waals surface area contributed by atoms with Crippen molar-refractivity contribution in [3.8, 4) is 16.3 Å². The van der Waals surface area contributed by atoms with Gasteiger partial charge in [0.1, 0.15) is 10.8 Å². The molecule has 0 saturated carbocycles. The van der Waals surface area contributed by atoms with Crippen molar-refractivity contribution in [1.82, 2.24) is 9.55 Å². The number of hydrogen-bond donors (Lipinski definition) is 3. The van der Waals surface area contributed by atoms with Crippen LogP contribution < -0.4 is 5.73 Å². The number of benzene rings is 2. The lowest BCUT2D eigenvalue weighted by molar-refractivity contribution is 0.175. The molecule has 0 aliphatic rings. The van der Waals surface area contributed by atoms with E-state index in [4.69, 9.17) is 5.73 Å². The monoisotopic (exact) mass is 407 g/mol. The third-order valence-corrected chi connectivity index (χ3v) is 5.55. The van der Waals surface area contributed by atoms with E-state index in [1.807, 2.05) is 55.5 Å². The Labute approximate surface area is 171 Å². The number of thiazole rings is 1. The molecular weight excluding hydrogens is 386 g/mol. The lowest BCUT2D eigenvalue weighted by Crippen LogP contribution is -2.13. The molecule has 0 saturated heterocycles. The number of para-hydroxylation sites is 1. The van der Waals surface area contributed by atoms with Crippen LogP contribution in [-0.2, 0) is 6.54 Å². The normalized spacial score (nSPS) is 12.8. The molecule has 148 valence electrons. The molecule has 2 heterocycles. The summed E-state index contributed by atoms with van der Waals surface area (Å²) in [6.07, 6.45) is -0.680. The van der Waals surface area contributed by atoms with Crippen LogP contribution in [0.4, 0.5) is 17.3 Å². The van der Waals surface area contributed by atoms with Crippen LogP contribution in [0.3, 0.4) is 0 Å². The molecule has 8 heteroatoms. The van der Waals surface area contributed by atoms with E-state index in [9.17, 15) is 10.2 Å². The first-order valence-corrected chi connectivity index (χ1v) is 9.99. The largest absolute Gasteiger partial charge is 0.504 e. The second-order valence-corrected chi connectivity index (χ2v) is 7.95. The molecular formula is C21H21N5O2S. The first-order chi connectivity index (χ1) is 13.9. The van der Waals surface area contributed by atoms with Crippen molar-refractivity contribution in [2.75, 3.05) is 5.73 Å². The molecule has 0 fully saturated rings.